The van der Waals surface area contributed by atoms with E-state index >= 15 is 4.39 Å². The number of rotatable bonds is 9. The number of aromatic hydroxyl groups is 1. The van der Waals surface area contributed by atoms with E-state index in [0.29, 0.717) is 48.4 Å². The van der Waals surface area contributed by atoms with Gasteiger partial charge in [-0.1, -0.05) is 36.8 Å². The maximum Gasteiger partial charge on any atom is 0.319 e. The molecule has 10 heteroatoms. The molecule has 9 nitrogen and oxygen atoms in total. The van der Waals surface area contributed by atoms with Crippen LogP contribution in [0.3, 0.4) is 0 Å². The maximum atomic E-state index is 17.0. The predicted octanol–water partition coefficient (Wildman–Crippen LogP) is 6.75. The van der Waals surface area contributed by atoms with Gasteiger partial charge in [-0.3, -0.25) is 9.69 Å². The van der Waals surface area contributed by atoms with E-state index in [2.05, 4.69) is 19.6 Å². The molecule has 4 aromatic rings. The summed E-state index contributed by atoms with van der Waals surface area (Å²) < 4.78 is 23.5. The highest BCUT2D eigenvalue weighted by Crippen LogP contribution is 2.42. The predicted molar refractivity (Wildman–Crippen MR) is 198 cm³/mol. The molecule has 5 aliphatic rings. The van der Waals surface area contributed by atoms with E-state index < -0.39 is 5.82 Å². The fourth-order valence-corrected chi connectivity index (χ4v) is 10.1. The topological polar surface area (TPSA) is 85.3 Å². The van der Waals surface area contributed by atoms with Gasteiger partial charge in [0.15, 0.2) is 5.82 Å². The Kier molecular flexibility index (Phi) is 8.70. The summed E-state index contributed by atoms with van der Waals surface area (Å²) in [5.41, 5.74) is 1.21. The highest BCUT2D eigenvalue weighted by atomic mass is 19.1. The van der Waals surface area contributed by atoms with Crippen LogP contribution in [0.15, 0.2) is 48.5 Å². The molecule has 1 N–H and O–H groups in total. The molecule has 2 unspecified atom stereocenters. The van der Waals surface area contributed by atoms with Crippen molar-refractivity contribution in [3.63, 3.8) is 0 Å². The van der Waals surface area contributed by atoms with Crippen molar-refractivity contribution >= 4 is 33.4 Å². The molecule has 0 saturated carbocycles. The third-order valence-corrected chi connectivity index (χ3v) is 12.6. The highest BCUT2D eigenvalue weighted by molar-refractivity contribution is 6.01. The number of amides is 1. The Morgan fingerprint density at radius 3 is 2.43 bits per heavy atom. The normalized spacial score (nSPS) is 23.4. The van der Waals surface area contributed by atoms with E-state index in [1.165, 1.54) is 19.3 Å². The van der Waals surface area contributed by atoms with Crippen LogP contribution in [0.1, 0.15) is 70.6 Å². The van der Waals surface area contributed by atoms with Gasteiger partial charge >= 0.3 is 6.01 Å². The van der Waals surface area contributed by atoms with Gasteiger partial charge in [0.2, 0.25) is 5.91 Å². The maximum absolute atomic E-state index is 17.0. The molecule has 2 atom stereocenters. The van der Waals surface area contributed by atoms with Gasteiger partial charge in [0.25, 0.3) is 0 Å². The Morgan fingerprint density at radius 1 is 0.882 bits per heavy atom. The lowest BCUT2D eigenvalue weighted by atomic mass is 9.95. The Hall–Kier alpha value is -4.02. The number of piperidine rings is 1. The van der Waals surface area contributed by atoms with Crippen LogP contribution in [0.5, 0.6) is 11.8 Å². The van der Waals surface area contributed by atoms with Crippen molar-refractivity contribution in [3.05, 3.63) is 54.3 Å². The smallest absolute Gasteiger partial charge is 0.319 e. The number of hydrogen-bond acceptors (Lipinski definition) is 8. The van der Waals surface area contributed by atoms with Crippen molar-refractivity contribution in [2.24, 2.45) is 0 Å². The number of ether oxygens (including phenoxy) is 1. The lowest BCUT2D eigenvalue weighted by Crippen LogP contribution is -2.56. The monoisotopic (exact) mass is 692 g/mol. The third kappa shape index (κ3) is 6.08. The lowest BCUT2D eigenvalue weighted by Gasteiger charge is -2.42. The minimum atomic E-state index is -0.455. The largest absolute Gasteiger partial charge is 0.508 e. The number of likely N-dealkylation sites (tertiary alicyclic amines) is 1. The van der Waals surface area contributed by atoms with Gasteiger partial charge in [-0.05, 0) is 125 Å². The molecule has 51 heavy (non-hydrogen) atoms. The van der Waals surface area contributed by atoms with Crippen LogP contribution in [0.2, 0.25) is 0 Å². The Balaban J connectivity index is 1.03. The first-order valence-corrected chi connectivity index (χ1v) is 19.3. The highest BCUT2D eigenvalue weighted by Gasteiger charge is 2.46. The van der Waals surface area contributed by atoms with Gasteiger partial charge in [0.1, 0.15) is 23.7 Å². The molecule has 5 saturated heterocycles. The summed E-state index contributed by atoms with van der Waals surface area (Å²) in [7, 11) is 0. The number of benzene rings is 3. The molecule has 3 aromatic carbocycles. The molecular weight excluding hydrogens is 643 g/mol. The first-order chi connectivity index (χ1) is 25.0. The molecule has 268 valence electrons. The van der Waals surface area contributed by atoms with Gasteiger partial charge < -0.3 is 24.5 Å². The zero-order chi connectivity index (χ0) is 34.5. The number of piperazine rings is 1. The molecule has 0 spiro atoms. The Bertz CT molecular complexity index is 1920. The van der Waals surface area contributed by atoms with Crippen molar-refractivity contribution in [1.29, 1.82) is 0 Å². The fraction of sp³-hybridized carbons (Fsp3) is 0.537. The summed E-state index contributed by atoms with van der Waals surface area (Å²) in [5.74, 6) is 0.565. The number of hydrogen-bond donors (Lipinski definition) is 1. The van der Waals surface area contributed by atoms with Gasteiger partial charge in [-0.25, -0.2) is 4.39 Å². The van der Waals surface area contributed by atoms with Crippen LogP contribution in [0.4, 0.5) is 10.2 Å². The minimum Gasteiger partial charge on any atom is -0.508 e. The first kappa shape index (κ1) is 32.9. The van der Waals surface area contributed by atoms with E-state index in [1.807, 2.05) is 30.3 Å². The van der Waals surface area contributed by atoms with Crippen molar-refractivity contribution in [3.8, 4) is 22.9 Å². The SMILES string of the molecule is O=C(CCCN1CCCCC1)N1C2CCC1CN(c1nc(OCC34CCCN3CCC4)nc3c(F)c(-c4cc(O)cc5ccccc45)ccc13)C2. The zero-order valence-electron chi connectivity index (χ0n) is 29.5. The van der Waals surface area contributed by atoms with Crippen LogP contribution in [0, 0.1) is 5.82 Å². The number of phenolic OH excluding ortho intramolecular Hbond substituents is 1. The molecule has 1 aromatic heterocycles. The Morgan fingerprint density at radius 2 is 1.65 bits per heavy atom. The Labute approximate surface area is 299 Å². The van der Waals surface area contributed by atoms with Crippen molar-refractivity contribution in [2.45, 2.75) is 88.3 Å². The molecule has 2 bridgehead atoms. The number of aromatic nitrogens is 2. The standard InChI is InChI=1S/C41H49FN6O3/c42-37-33(35-24-31(49)23-28-9-2-3-10-32(28)35)14-15-34-38(37)43-40(51-27-41-16-7-21-47(41)22-8-17-41)44-39(34)46-25-29-12-13-30(26-46)48(29)36(50)11-6-20-45-18-4-1-5-19-45/h2-3,9-10,14-15,23-24,29-30,49H,1,4-8,11-13,16-22,25-27H2. The molecule has 1 amide bonds. The number of nitrogens with zero attached hydrogens (tertiary/aromatic N) is 6. The van der Waals surface area contributed by atoms with Crippen LogP contribution in [-0.4, -0.2) is 106 Å². The average molecular weight is 693 g/mol. The third-order valence-electron chi connectivity index (χ3n) is 12.6. The summed E-state index contributed by atoms with van der Waals surface area (Å²) in [4.78, 5) is 32.9. The number of halogens is 1. The first-order valence-electron chi connectivity index (χ1n) is 19.3. The second-order valence-corrected chi connectivity index (χ2v) is 15.7. The number of carbonyl (C=O) groups excluding carboxylic acids is 1. The second kappa shape index (κ2) is 13.5. The van der Waals surface area contributed by atoms with Gasteiger partial charge in [0, 0.05) is 42.5 Å². The van der Waals surface area contributed by atoms with Gasteiger partial charge in [-0.15, -0.1) is 0 Å². The summed E-state index contributed by atoms with van der Waals surface area (Å²) in [6.07, 6.45) is 11.8. The van der Waals surface area contributed by atoms with E-state index in [4.69, 9.17) is 14.7 Å². The van der Waals surface area contributed by atoms with Crippen molar-refractivity contribution in [2.75, 3.05) is 57.3 Å². The van der Waals surface area contributed by atoms with E-state index in [0.717, 1.165) is 88.4 Å². The molecule has 9 rings (SSSR count). The molecule has 5 aliphatic heterocycles. The quantitative estimate of drug-likeness (QED) is 0.206. The van der Waals surface area contributed by atoms with Crippen LogP contribution < -0.4 is 9.64 Å². The minimum absolute atomic E-state index is 0.00154. The molecule has 5 fully saturated rings. The van der Waals surface area contributed by atoms with E-state index in [1.54, 1.807) is 18.2 Å². The van der Waals surface area contributed by atoms with E-state index in [-0.39, 0.29) is 40.8 Å². The number of carbonyl (C=O) groups is 1. The summed E-state index contributed by atoms with van der Waals surface area (Å²) in [6.45, 7) is 7.28. The lowest BCUT2D eigenvalue weighted by molar-refractivity contribution is -0.134. The molecular formula is C41H49FN6O3. The summed E-state index contributed by atoms with van der Waals surface area (Å²) in [5, 5.41) is 12.9. The second-order valence-electron chi connectivity index (χ2n) is 15.7. The number of fused-ring (bicyclic) bond motifs is 5. The number of phenols is 1. The molecule has 0 aliphatic carbocycles. The summed E-state index contributed by atoms with van der Waals surface area (Å²) >= 11 is 0. The van der Waals surface area contributed by atoms with E-state index in [9.17, 15) is 9.90 Å². The van der Waals surface area contributed by atoms with Crippen LogP contribution in [-0.2, 0) is 4.79 Å². The molecule has 6 heterocycles. The zero-order valence-corrected chi connectivity index (χ0v) is 29.5. The fourth-order valence-electron chi connectivity index (χ4n) is 10.1. The van der Waals surface area contributed by atoms with Crippen LogP contribution >= 0.6 is 0 Å². The van der Waals surface area contributed by atoms with Gasteiger partial charge in [-0.2, -0.15) is 9.97 Å². The van der Waals surface area contributed by atoms with Crippen molar-refractivity contribution in [1.82, 2.24) is 24.7 Å². The summed E-state index contributed by atoms with van der Waals surface area (Å²) in [6, 6.07) is 15.2. The molecule has 0 radical (unpaired) electrons. The van der Waals surface area contributed by atoms with Gasteiger partial charge in [0.05, 0.1) is 5.54 Å². The average Bonchev–Trinajstić information content (AvgIpc) is 3.81. The van der Waals surface area contributed by atoms with Crippen molar-refractivity contribution < 1.29 is 19.0 Å². The number of anilines is 1. The van der Waals surface area contributed by atoms with Crippen LogP contribution in [0.25, 0.3) is 32.8 Å².